The van der Waals surface area contributed by atoms with Gasteiger partial charge in [-0.15, -0.1) is 0 Å². The van der Waals surface area contributed by atoms with Crippen molar-refractivity contribution in [1.82, 2.24) is 5.09 Å². The number of rotatable bonds is 8. The molecule has 0 aliphatic heterocycles. The van der Waals surface area contributed by atoms with E-state index in [2.05, 4.69) is 5.09 Å². The van der Waals surface area contributed by atoms with Crippen LogP contribution in [0, 0.1) is 0 Å². The first-order chi connectivity index (χ1) is 11.0. The van der Waals surface area contributed by atoms with E-state index in [1.54, 1.807) is 37.3 Å². The molecule has 0 amide bonds. The van der Waals surface area contributed by atoms with E-state index in [-0.39, 0.29) is 13.0 Å². The standard InChI is InChI=1S/C17H20NO4P/c1-2-22-23(21,15-11-7-4-8-12-15)18-16(17(19)20)13-14-9-5-3-6-10-14/h3-12,16H,2,13H2,1H3,(H,18,21)(H,19,20)/t16-,23?/m0/s1. The summed E-state index contributed by atoms with van der Waals surface area (Å²) in [5.41, 5.74) is 0.850. The Morgan fingerprint density at radius 3 is 2.22 bits per heavy atom. The van der Waals surface area contributed by atoms with Crippen molar-refractivity contribution >= 4 is 18.8 Å². The van der Waals surface area contributed by atoms with Crippen LogP contribution in [0.1, 0.15) is 12.5 Å². The summed E-state index contributed by atoms with van der Waals surface area (Å²) < 4.78 is 18.5. The van der Waals surface area contributed by atoms with Gasteiger partial charge in [-0.3, -0.25) is 9.36 Å². The van der Waals surface area contributed by atoms with Crippen molar-refractivity contribution in [3.63, 3.8) is 0 Å². The number of benzene rings is 2. The number of carbonyl (C=O) groups is 1. The molecule has 0 bridgehead atoms. The van der Waals surface area contributed by atoms with Gasteiger partial charge in [0.1, 0.15) is 6.04 Å². The molecule has 122 valence electrons. The second-order valence-electron chi connectivity index (χ2n) is 5.01. The number of nitrogens with one attached hydrogen (secondary N) is 1. The second-order valence-corrected chi connectivity index (χ2v) is 7.15. The van der Waals surface area contributed by atoms with Crippen LogP contribution in [-0.4, -0.2) is 23.7 Å². The summed E-state index contributed by atoms with van der Waals surface area (Å²) in [6.45, 7) is 1.95. The third-order valence-corrected chi connectivity index (χ3v) is 5.56. The fourth-order valence-corrected chi connectivity index (χ4v) is 4.15. The molecular weight excluding hydrogens is 313 g/mol. The maximum absolute atomic E-state index is 13.1. The van der Waals surface area contributed by atoms with Gasteiger partial charge < -0.3 is 9.63 Å². The first-order valence-electron chi connectivity index (χ1n) is 7.40. The van der Waals surface area contributed by atoms with Gasteiger partial charge in [0.15, 0.2) is 0 Å². The first kappa shape index (κ1) is 17.4. The van der Waals surface area contributed by atoms with E-state index in [4.69, 9.17) is 4.52 Å². The lowest BCUT2D eigenvalue weighted by atomic mass is 10.1. The van der Waals surface area contributed by atoms with Crippen molar-refractivity contribution in [2.45, 2.75) is 19.4 Å². The topological polar surface area (TPSA) is 75.6 Å². The Balaban J connectivity index is 2.25. The molecule has 5 nitrogen and oxygen atoms in total. The van der Waals surface area contributed by atoms with Crippen molar-refractivity contribution in [2.24, 2.45) is 0 Å². The highest BCUT2D eigenvalue weighted by atomic mass is 31.2. The van der Waals surface area contributed by atoms with Gasteiger partial charge in [0.2, 0.25) is 0 Å². The third kappa shape index (κ3) is 4.76. The summed E-state index contributed by atoms with van der Waals surface area (Å²) in [5, 5.41) is 12.7. The van der Waals surface area contributed by atoms with Crippen molar-refractivity contribution in [3.8, 4) is 0 Å². The molecule has 0 saturated carbocycles. The molecule has 6 heteroatoms. The Morgan fingerprint density at radius 2 is 1.70 bits per heavy atom. The Bertz CT molecular complexity index is 676. The number of carboxylic acids is 1. The molecule has 0 spiro atoms. The van der Waals surface area contributed by atoms with Crippen LogP contribution >= 0.6 is 7.52 Å². The van der Waals surface area contributed by atoms with Crippen LogP contribution in [-0.2, 0) is 20.3 Å². The van der Waals surface area contributed by atoms with Crippen LogP contribution in [0.2, 0.25) is 0 Å². The summed E-state index contributed by atoms with van der Waals surface area (Å²) >= 11 is 0. The quantitative estimate of drug-likeness (QED) is 0.727. The average molecular weight is 333 g/mol. The summed E-state index contributed by atoms with van der Waals surface area (Å²) in [6, 6.07) is 16.9. The van der Waals surface area contributed by atoms with E-state index < -0.39 is 19.5 Å². The summed E-state index contributed by atoms with van der Waals surface area (Å²) in [5.74, 6) is -1.07. The largest absolute Gasteiger partial charge is 0.480 e. The van der Waals surface area contributed by atoms with Gasteiger partial charge in [0.25, 0.3) is 7.52 Å². The minimum Gasteiger partial charge on any atom is -0.480 e. The van der Waals surface area contributed by atoms with E-state index in [9.17, 15) is 14.5 Å². The van der Waals surface area contributed by atoms with Crippen LogP contribution in [0.5, 0.6) is 0 Å². The number of hydrogen-bond acceptors (Lipinski definition) is 3. The lowest BCUT2D eigenvalue weighted by Gasteiger charge is -2.23. The van der Waals surface area contributed by atoms with Gasteiger partial charge in [0.05, 0.1) is 11.9 Å². The predicted octanol–water partition coefficient (Wildman–Crippen LogP) is 2.83. The van der Waals surface area contributed by atoms with Crippen LogP contribution in [0.15, 0.2) is 60.7 Å². The molecule has 2 aromatic carbocycles. The van der Waals surface area contributed by atoms with Crippen molar-refractivity contribution in [3.05, 3.63) is 66.2 Å². The van der Waals surface area contributed by atoms with E-state index >= 15 is 0 Å². The van der Waals surface area contributed by atoms with E-state index in [1.807, 2.05) is 30.3 Å². The molecule has 0 aromatic heterocycles. The summed E-state index contributed by atoms with van der Waals surface area (Å²) in [6.07, 6.45) is 0.222. The van der Waals surface area contributed by atoms with Crippen molar-refractivity contribution < 1.29 is 19.0 Å². The highest BCUT2D eigenvalue weighted by Crippen LogP contribution is 2.41. The molecule has 0 aliphatic rings. The predicted molar refractivity (Wildman–Crippen MR) is 90.0 cm³/mol. The van der Waals surface area contributed by atoms with Gasteiger partial charge in [-0.2, -0.15) is 0 Å². The fourth-order valence-electron chi connectivity index (χ4n) is 2.24. The highest BCUT2D eigenvalue weighted by Gasteiger charge is 2.32. The zero-order valence-corrected chi connectivity index (χ0v) is 13.8. The normalized spacial score (nSPS) is 14.8. The SMILES string of the molecule is CCOP(=O)(N[C@@H](Cc1ccccc1)C(=O)O)c1ccccc1. The van der Waals surface area contributed by atoms with E-state index in [0.29, 0.717) is 5.30 Å². The van der Waals surface area contributed by atoms with Crippen LogP contribution < -0.4 is 10.4 Å². The molecule has 0 heterocycles. The molecule has 0 aliphatic carbocycles. The Kier molecular flexibility index (Phi) is 6.11. The minimum atomic E-state index is -3.45. The van der Waals surface area contributed by atoms with Crippen molar-refractivity contribution in [1.29, 1.82) is 0 Å². The molecule has 0 radical (unpaired) electrons. The third-order valence-electron chi connectivity index (χ3n) is 3.31. The summed E-state index contributed by atoms with van der Waals surface area (Å²) in [4.78, 5) is 11.6. The number of aliphatic carboxylic acids is 1. The smallest absolute Gasteiger partial charge is 0.321 e. The fraction of sp³-hybridized carbons (Fsp3) is 0.235. The van der Waals surface area contributed by atoms with Gasteiger partial charge in [-0.25, -0.2) is 5.09 Å². The van der Waals surface area contributed by atoms with Crippen LogP contribution in [0.3, 0.4) is 0 Å². The molecule has 23 heavy (non-hydrogen) atoms. The molecule has 2 rings (SSSR count). The maximum Gasteiger partial charge on any atom is 0.321 e. The molecule has 2 N–H and O–H groups in total. The lowest BCUT2D eigenvalue weighted by Crippen LogP contribution is -2.39. The highest BCUT2D eigenvalue weighted by molar-refractivity contribution is 7.65. The minimum absolute atomic E-state index is 0.219. The molecule has 0 fully saturated rings. The zero-order valence-electron chi connectivity index (χ0n) is 12.9. The molecular formula is C17H20NO4P. The van der Waals surface area contributed by atoms with Crippen molar-refractivity contribution in [2.75, 3.05) is 6.61 Å². The monoisotopic (exact) mass is 333 g/mol. The molecule has 2 aromatic rings. The van der Waals surface area contributed by atoms with Gasteiger partial charge in [-0.1, -0.05) is 48.5 Å². The second kappa shape index (κ2) is 8.06. The van der Waals surface area contributed by atoms with Gasteiger partial charge in [0, 0.05) is 0 Å². The Morgan fingerprint density at radius 1 is 1.13 bits per heavy atom. The van der Waals surface area contributed by atoms with Gasteiger partial charge >= 0.3 is 5.97 Å². The first-order valence-corrected chi connectivity index (χ1v) is 9.02. The van der Waals surface area contributed by atoms with E-state index in [1.165, 1.54) is 0 Å². The zero-order chi connectivity index (χ0) is 16.7. The van der Waals surface area contributed by atoms with Gasteiger partial charge in [-0.05, 0) is 31.0 Å². The molecule has 1 unspecified atom stereocenters. The van der Waals surface area contributed by atoms with Crippen LogP contribution in [0.4, 0.5) is 0 Å². The number of hydrogen-bond donors (Lipinski definition) is 2. The molecule has 2 atom stereocenters. The lowest BCUT2D eigenvalue weighted by molar-refractivity contribution is -0.139. The average Bonchev–Trinajstić information content (AvgIpc) is 2.56. The maximum atomic E-state index is 13.1. The van der Waals surface area contributed by atoms with E-state index in [0.717, 1.165) is 5.56 Å². The number of carboxylic acid groups (broad SMARTS) is 1. The summed E-state index contributed by atoms with van der Waals surface area (Å²) in [7, 11) is -3.45. The Labute approximate surface area is 135 Å². The molecule has 0 saturated heterocycles. The van der Waals surface area contributed by atoms with Crippen LogP contribution in [0.25, 0.3) is 0 Å². The Hall–Kier alpha value is -1.94.